The van der Waals surface area contributed by atoms with Gasteiger partial charge in [0.2, 0.25) is 0 Å². The summed E-state index contributed by atoms with van der Waals surface area (Å²) in [7, 11) is 2.14. The van der Waals surface area contributed by atoms with Crippen LogP contribution in [0.25, 0.3) is 22.0 Å². The second-order valence-corrected chi connectivity index (χ2v) is 10.9. The molecule has 204 valence electrons. The molecular formula is C30H37N7O2. The number of carbonyl (C=O) groups excluding carboxylic acids is 1. The number of nitrogens with zero attached hydrogens (tertiary/aromatic N) is 5. The highest BCUT2D eigenvalue weighted by Crippen LogP contribution is 2.32. The van der Waals surface area contributed by atoms with Crippen LogP contribution in [-0.4, -0.2) is 63.8 Å². The first-order chi connectivity index (χ1) is 18.6. The smallest absolute Gasteiger partial charge is 0.253 e. The minimum absolute atomic E-state index is 0.125. The first kappa shape index (κ1) is 26.6. The van der Waals surface area contributed by atoms with Crippen LogP contribution in [0.4, 0.5) is 5.82 Å². The number of anilines is 1. The van der Waals surface area contributed by atoms with E-state index in [0.29, 0.717) is 11.1 Å². The van der Waals surface area contributed by atoms with Gasteiger partial charge in [0.25, 0.3) is 11.5 Å². The van der Waals surface area contributed by atoms with Crippen LogP contribution in [0, 0.1) is 20.8 Å². The zero-order chi connectivity index (χ0) is 27.8. The molecule has 1 fully saturated rings. The van der Waals surface area contributed by atoms with Crippen LogP contribution in [0.2, 0.25) is 0 Å². The average molecular weight is 528 g/mol. The van der Waals surface area contributed by atoms with E-state index < -0.39 is 0 Å². The maximum Gasteiger partial charge on any atom is 0.253 e. The zero-order valence-corrected chi connectivity index (χ0v) is 23.6. The van der Waals surface area contributed by atoms with Gasteiger partial charge in [-0.05, 0) is 88.7 Å². The van der Waals surface area contributed by atoms with Crippen molar-refractivity contribution >= 4 is 22.6 Å². The van der Waals surface area contributed by atoms with Gasteiger partial charge in [0.05, 0.1) is 16.8 Å². The van der Waals surface area contributed by atoms with Crippen LogP contribution in [0.1, 0.15) is 52.8 Å². The van der Waals surface area contributed by atoms with Gasteiger partial charge in [-0.3, -0.25) is 14.3 Å². The molecule has 2 N–H and O–H groups in total. The number of fused-ring (bicyclic) bond motifs is 1. The fraction of sp³-hybridized carbons (Fsp3) is 0.400. The lowest BCUT2D eigenvalue weighted by molar-refractivity contribution is 0.0952. The zero-order valence-electron chi connectivity index (χ0n) is 23.6. The molecule has 0 atom stereocenters. The number of hydrogen-bond acceptors (Lipinski definition) is 6. The Hall–Kier alpha value is -3.98. The fourth-order valence-electron chi connectivity index (χ4n) is 5.36. The summed E-state index contributed by atoms with van der Waals surface area (Å²) < 4.78 is 1.97. The Bertz CT molecular complexity index is 1590. The van der Waals surface area contributed by atoms with E-state index in [1.807, 2.05) is 49.8 Å². The Balaban J connectivity index is 1.55. The summed E-state index contributed by atoms with van der Waals surface area (Å²) in [5.74, 6) is 0.704. The predicted molar refractivity (Wildman–Crippen MR) is 156 cm³/mol. The number of benzene rings is 1. The predicted octanol–water partition coefficient (Wildman–Crippen LogP) is 3.97. The van der Waals surface area contributed by atoms with Gasteiger partial charge in [-0.1, -0.05) is 0 Å². The molecule has 9 nitrogen and oxygen atoms in total. The average Bonchev–Trinajstić information content (AvgIpc) is 3.24. The molecule has 1 amide bonds. The molecule has 4 aromatic rings. The summed E-state index contributed by atoms with van der Waals surface area (Å²) in [5, 5.41) is 8.60. The van der Waals surface area contributed by atoms with E-state index >= 15 is 0 Å². The van der Waals surface area contributed by atoms with Gasteiger partial charge in [0, 0.05) is 61.6 Å². The molecule has 3 aromatic heterocycles. The van der Waals surface area contributed by atoms with Crippen LogP contribution in [-0.2, 0) is 6.54 Å². The standard InChI is InChI=1S/C30H37N7O2/c1-18(2)37-26-15-23(22-7-8-31-27(16-22)36-11-9-35(6)10-12-36)14-24(28(26)21(5)34-37)29(38)32-17-25-19(3)13-20(4)33-30(25)39/h7-8,13-16,18H,9-12,17H2,1-6H3,(H,32,38)(H,33,39). The third-order valence-corrected chi connectivity index (χ3v) is 7.54. The first-order valence-corrected chi connectivity index (χ1v) is 13.5. The van der Waals surface area contributed by atoms with E-state index in [1.165, 1.54) is 0 Å². The van der Waals surface area contributed by atoms with Crippen molar-refractivity contribution in [3.8, 4) is 11.1 Å². The second kappa shape index (κ2) is 10.6. The number of carbonyl (C=O) groups is 1. The van der Waals surface area contributed by atoms with Gasteiger partial charge in [0.1, 0.15) is 5.82 Å². The van der Waals surface area contributed by atoms with E-state index in [-0.39, 0.29) is 24.1 Å². The summed E-state index contributed by atoms with van der Waals surface area (Å²) >= 11 is 0. The van der Waals surface area contributed by atoms with E-state index in [2.05, 4.69) is 58.1 Å². The van der Waals surface area contributed by atoms with Gasteiger partial charge in [-0.25, -0.2) is 4.98 Å². The molecule has 1 saturated heterocycles. The van der Waals surface area contributed by atoms with Crippen molar-refractivity contribution in [2.45, 2.75) is 47.2 Å². The Morgan fingerprint density at radius 3 is 2.49 bits per heavy atom. The minimum Gasteiger partial charge on any atom is -0.354 e. The Labute approximate surface area is 228 Å². The monoisotopic (exact) mass is 527 g/mol. The quantitative estimate of drug-likeness (QED) is 0.394. The van der Waals surface area contributed by atoms with E-state index in [0.717, 1.165) is 71.0 Å². The number of pyridine rings is 2. The fourth-order valence-corrected chi connectivity index (χ4v) is 5.36. The Kier molecular flexibility index (Phi) is 7.27. The van der Waals surface area contributed by atoms with Gasteiger partial charge in [-0.2, -0.15) is 5.10 Å². The highest BCUT2D eigenvalue weighted by molar-refractivity contribution is 6.09. The van der Waals surface area contributed by atoms with Gasteiger partial charge in [0.15, 0.2) is 0 Å². The number of hydrogen-bond donors (Lipinski definition) is 2. The number of piperazine rings is 1. The third kappa shape index (κ3) is 5.31. The topological polar surface area (TPSA) is 99.2 Å². The van der Waals surface area contributed by atoms with Crippen molar-refractivity contribution in [1.82, 2.24) is 30.0 Å². The molecule has 4 heterocycles. The summed E-state index contributed by atoms with van der Waals surface area (Å²) in [6.45, 7) is 13.8. The van der Waals surface area contributed by atoms with E-state index in [1.54, 1.807) is 0 Å². The largest absolute Gasteiger partial charge is 0.354 e. The molecule has 0 saturated carbocycles. The second-order valence-electron chi connectivity index (χ2n) is 10.9. The number of H-pyrrole nitrogens is 1. The van der Waals surface area contributed by atoms with Gasteiger partial charge < -0.3 is 20.1 Å². The highest BCUT2D eigenvalue weighted by Gasteiger charge is 2.21. The lowest BCUT2D eigenvalue weighted by Gasteiger charge is -2.33. The molecule has 1 aliphatic heterocycles. The van der Waals surface area contributed by atoms with Crippen LogP contribution in [0.5, 0.6) is 0 Å². The number of nitrogens with one attached hydrogen (secondary N) is 2. The number of amides is 1. The minimum atomic E-state index is -0.235. The van der Waals surface area contributed by atoms with Crippen molar-refractivity contribution in [3.05, 3.63) is 75.0 Å². The summed E-state index contributed by atoms with van der Waals surface area (Å²) in [4.78, 5) is 38.3. The maximum absolute atomic E-state index is 13.7. The molecule has 0 bridgehead atoms. The summed E-state index contributed by atoms with van der Waals surface area (Å²) in [6, 6.07) is 10.2. The highest BCUT2D eigenvalue weighted by atomic mass is 16.1. The molecule has 1 aliphatic rings. The molecule has 9 heteroatoms. The molecule has 1 aromatic carbocycles. The number of aromatic nitrogens is 4. The normalized spacial score (nSPS) is 14.4. The molecule has 39 heavy (non-hydrogen) atoms. The van der Waals surface area contributed by atoms with Gasteiger partial charge in [-0.15, -0.1) is 0 Å². The van der Waals surface area contributed by atoms with Crippen molar-refractivity contribution in [3.63, 3.8) is 0 Å². The molecule has 0 spiro atoms. The third-order valence-electron chi connectivity index (χ3n) is 7.54. The molecular weight excluding hydrogens is 490 g/mol. The van der Waals surface area contributed by atoms with Crippen LogP contribution in [0.3, 0.4) is 0 Å². The molecule has 0 radical (unpaired) electrons. The van der Waals surface area contributed by atoms with Crippen molar-refractivity contribution in [2.24, 2.45) is 0 Å². The molecule has 0 aliphatic carbocycles. The van der Waals surface area contributed by atoms with E-state index in [4.69, 9.17) is 5.10 Å². The number of rotatable bonds is 6. The molecule has 0 unspecified atom stereocenters. The Morgan fingerprint density at radius 1 is 1.05 bits per heavy atom. The van der Waals surface area contributed by atoms with Crippen LogP contribution < -0.4 is 15.8 Å². The number of likely N-dealkylation sites (N-methyl/N-ethyl adjacent to an activating group) is 1. The van der Waals surface area contributed by atoms with Gasteiger partial charge >= 0.3 is 0 Å². The van der Waals surface area contributed by atoms with Crippen LogP contribution in [0.15, 0.2) is 41.3 Å². The first-order valence-electron chi connectivity index (χ1n) is 13.5. The van der Waals surface area contributed by atoms with Crippen molar-refractivity contribution in [2.75, 3.05) is 38.1 Å². The SMILES string of the molecule is Cc1cc(C)c(CNC(=O)c2cc(-c3ccnc(N4CCN(C)CC4)c3)cc3c2c(C)nn3C(C)C)c(=O)[nH]1. The lowest BCUT2D eigenvalue weighted by atomic mass is 9.98. The summed E-state index contributed by atoms with van der Waals surface area (Å²) in [5.41, 5.74) is 6.21. The lowest BCUT2D eigenvalue weighted by Crippen LogP contribution is -2.44. The molecule has 5 rings (SSSR count). The Morgan fingerprint density at radius 2 is 1.79 bits per heavy atom. The van der Waals surface area contributed by atoms with Crippen LogP contribution >= 0.6 is 0 Å². The van der Waals surface area contributed by atoms with Crippen molar-refractivity contribution in [1.29, 1.82) is 0 Å². The van der Waals surface area contributed by atoms with E-state index in [9.17, 15) is 9.59 Å². The maximum atomic E-state index is 13.7. The number of aryl methyl sites for hydroxylation is 3. The van der Waals surface area contributed by atoms with Crippen molar-refractivity contribution < 1.29 is 4.79 Å². The summed E-state index contributed by atoms with van der Waals surface area (Å²) in [6.07, 6.45) is 1.84. The number of aromatic amines is 1.